The Hall–Kier alpha value is -1.10. The predicted octanol–water partition coefficient (Wildman–Crippen LogP) is 1.18. The van der Waals surface area contributed by atoms with E-state index >= 15 is 0 Å². The van der Waals surface area contributed by atoms with Gasteiger partial charge >= 0.3 is 5.97 Å². The highest BCUT2D eigenvalue weighted by Crippen LogP contribution is 2.34. The van der Waals surface area contributed by atoms with Crippen molar-refractivity contribution in [3.63, 3.8) is 0 Å². The summed E-state index contributed by atoms with van der Waals surface area (Å²) in [6.45, 7) is 3.70. The number of fused-ring (bicyclic) bond motifs is 1. The van der Waals surface area contributed by atoms with Crippen molar-refractivity contribution < 1.29 is 14.7 Å². The lowest BCUT2D eigenvalue weighted by Crippen LogP contribution is -2.57. The second-order valence-corrected chi connectivity index (χ2v) is 6.45. The van der Waals surface area contributed by atoms with Gasteiger partial charge in [-0.25, -0.2) is 0 Å². The third kappa shape index (κ3) is 2.55. The fourth-order valence-electron chi connectivity index (χ4n) is 4.14. The summed E-state index contributed by atoms with van der Waals surface area (Å²) in [7, 11) is 0. The van der Waals surface area contributed by atoms with Gasteiger partial charge in [0.05, 0.1) is 11.8 Å². The Labute approximate surface area is 119 Å². The summed E-state index contributed by atoms with van der Waals surface area (Å²) in [5.41, 5.74) is 0. The van der Waals surface area contributed by atoms with Crippen molar-refractivity contribution in [2.45, 2.75) is 44.6 Å². The number of piperazine rings is 1. The molecule has 0 spiro atoms. The number of hydrogen-bond donors (Lipinski definition) is 1. The summed E-state index contributed by atoms with van der Waals surface area (Å²) in [4.78, 5) is 28.3. The molecule has 20 heavy (non-hydrogen) atoms. The van der Waals surface area contributed by atoms with Crippen LogP contribution >= 0.6 is 0 Å². The summed E-state index contributed by atoms with van der Waals surface area (Å²) in [6.07, 6.45) is 5.99. The molecule has 1 aliphatic carbocycles. The average Bonchev–Trinajstić information content (AvgIpc) is 2.95. The van der Waals surface area contributed by atoms with Crippen molar-refractivity contribution in [1.29, 1.82) is 0 Å². The smallest absolute Gasteiger partial charge is 0.307 e. The Kier molecular flexibility index (Phi) is 3.96. The molecular formula is C15H24N2O3. The number of carbonyl (C=O) groups is 2. The van der Waals surface area contributed by atoms with Crippen LogP contribution in [0.1, 0.15) is 38.5 Å². The van der Waals surface area contributed by atoms with Gasteiger partial charge in [0.15, 0.2) is 0 Å². The zero-order valence-electron chi connectivity index (χ0n) is 12.0. The van der Waals surface area contributed by atoms with Gasteiger partial charge in [-0.1, -0.05) is 12.8 Å². The molecule has 0 aromatic heterocycles. The van der Waals surface area contributed by atoms with Gasteiger partial charge in [0.25, 0.3) is 0 Å². The normalized spacial score (nSPS) is 34.8. The molecule has 2 aliphatic heterocycles. The topological polar surface area (TPSA) is 60.9 Å². The monoisotopic (exact) mass is 280 g/mol. The van der Waals surface area contributed by atoms with Crippen LogP contribution in [-0.4, -0.2) is 59.0 Å². The number of rotatable bonds is 2. The van der Waals surface area contributed by atoms with Crippen molar-refractivity contribution in [3.8, 4) is 0 Å². The predicted molar refractivity (Wildman–Crippen MR) is 74.3 cm³/mol. The standard InChI is InChI=1S/C15H24N2O3/c18-14(12-5-3-6-13(12)15(19)20)17-9-8-16-7-2-1-4-11(16)10-17/h11-13H,1-10H2,(H,19,20). The Balaban J connectivity index is 1.64. The quantitative estimate of drug-likeness (QED) is 0.825. The van der Waals surface area contributed by atoms with E-state index in [9.17, 15) is 14.7 Å². The number of piperidine rings is 1. The number of carboxylic acid groups (broad SMARTS) is 1. The van der Waals surface area contributed by atoms with E-state index in [1.807, 2.05) is 4.90 Å². The maximum atomic E-state index is 12.6. The summed E-state index contributed by atoms with van der Waals surface area (Å²) in [5, 5.41) is 9.24. The van der Waals surface area contributed by atoms with Gasteiger partial charge < -0.3 is 10.0 Å². The molecule has 2 saturated heterocycles. The van der Waals surface area contributed by atoms with Crippen LogP contribution in [0.4, 0.5) is 0 Å². The number of nitrogens with zero attached hydrogens (tertiary/aromatic N) is 2. The molecule has 1 amide bonds. The molecule has 3 unspecified atom stereocenters. The van der Waals surface area contributed by atoms with E-state index in [1.165, 1.54) is 19.3 Å². The van der Waals surface area contributed by atoms with Gasteiger partial charge in [0, 0.05) is 25.7 Å². The van der Waals surface area contributed by atoms with Gasteiger partial charge in [0.2, 0.25) is 5.91 Å². The fourth-order valence-corrected chi connectivity index (χ4v) is 4.14. The van der Waals surface area contributed by atoms with E-state index in [-0.39, 0.29) is 11.8 Å². The summed E-state index contributed by atoms with van der Waals surface area (Å²) in [6, 6.07) is 0.506. The minimum absolute atomic E-state index is 0.0973. The highest BCUT2D eigenvalue weighted by Gasteiger charge is 2.41. The van der Waals surface area contributed by atoms with Gasteiger partial charge in [-0.15, -0.1) is 0 Å². The van der Waals surface area contributed by atoms with E-state index in [2.05, 4.69) is 4.90 Å². The molecule has 0 radical (unpaired) electrons. The Bertz CT molecular complexity index is 399. The highest BCUT2D eigenvalue weighted by atomic mass is 16.4. The lowest BCUT2D eigenvalue weighted by molar-refractivity contribution is -0.150. The maximum Gasteiger partial charge on any atom is 0.307 e. The third-order valence-corrected chi connectivity index (χ3v) is 5.30. The molecular weight excluding hydrogens is 256 g/mol. The van der Waals surface area contributed by atoms with Crippen molar-refractivity contribution in [3.05, 3.63) is 0 Å². The van der Waals surface area contributed by atoms with E-state index in [1.54, 1.807) is 0 Å². The van der Waals surface area contributed by atoms with Crippen LogP contribution in [0.25, 0.3) is 0 Å². The molecule has 112 valence electrons. The van der Waals surface area contributed by atoms with Crippen molar-refractivity contribution in [2.24, 2.45) is 11.8 Å². The molecule has 5 nitrogen and oxygen atoms in total. The number of aliphatic carboxylic acids is 1. The lowest BCUT2D eigenvalue weighted by Gasteiger charge is -2.44. The second-order valence-electron chi connectivity index (χ2n) is 6.45. The maximum absolute atomic E-state index is 12.6. The van der Waals surface area contributed by atoms with Crippen LogP contribution in [-0.2, 0) is 9.59 Å². The molecule has 3 rings (SSSR count). The molecule has 3 atom stereocenters. The molecule has 0 bridgehead atoms. The number of amides is 1. The van der Waals surface area contributed by atoms with Gasteiger partial charge in [-0.05, 0) is 32.2 Å². The zero-order chi connectivity index (χ0) is 14.1. The molecule has 0 aromatic carbocycles. The van der Waals surface area contributed by atoms with E-state index in [0.29, 0.717) is 12.5 Å². The first-order valence-corrected chi connectivity index (χ1v) is 7.92. The number of carbonyl (C=O) groups excluding carboxylic acids is 1. The minimum Gasteiger partial charge on any atom is -0.481 e. The molecule has 1 N–H and O–H groups in total. The molecule has 3 aliphatic rings. The molecule has 5 heteroatoms. The molecule has 2 heterocycles. The Morgan fingerprint density at radius 3 is 2.50 bits per heavy atom. The van der Waals surface area contributed by atoms with Crippen molar-refractivity contribution in [1.82, 2.24) is 9.80 Å². The Morgan fingerprint density at radius 2 is 1.70 bits per heavy atom. The molecule has 1 saturated carbocycles. The Morgan fingerprint density at radius 1 is 0.900 bits per heavy atom. The first-order chi connectivity index (χ1) is 9.66. The van der Waals surface area contributed by atoms with Crippen molar-refractivity contribution >= 4 is 11.9 Å². The van der Waals surface area contributed by atoms with Gasteiger partial charge in [0.1, 0.15) is 0 Å². The van der Waals surface area contributed by atoms with Gasteiger partial charge in [-0.3, -0.25) is 14.5 Å². The third-order valence-electron chi connectivity index (χ3n) is 5.30. The van der Waals surface area contributed by atoms with E-state index in [0.717, 1.165) is 39.0 Å². The van der Waals surface area contributed by atoms with Crippen LogP contribution in [0.5, 0.6) is 0 Å². The summed E-state index contributed by atoms with van der Waals surface area (Å²) >= 11 is 0. The van der Waals surface area contributed by atoms with E-state index in [4.69, 9.17) is 0 Å². The SMILES string of the molecule is O=C(O)C1CCCC1C(=O)N1CCN2CCCCC2C1. The first-order valence-electron chi connectivity index (χ1n) is 7.92. The highest BCUT2D eigenvalue weighted by molar-refractivity contribution is 5.85. The first kappa shape index (κ1) is 13.9. The summed E-state index contributed by atoms with van der Waals surface area (Å²) in [5.74, 6) is -1.42. The molecule has 3 fully saturated rings. The van der Waals surface area contributed by atoms with Crippen molar-refractivity contribution in [2.75, 3.05) is 26.2 Å². The number of carboxylic acids is 1. The zero-order valence-corrected chi connectivity index (χ0v) is 12.0. The largest absolute Gasteiger partial charge is 0.481 e. The van der Waals surface area contributed by atoms with Crippen LogP contribution in [0, 0.1) is 11.8 Å². The number of hydrogen-bond acceptors (Lipinski definition) is 3. The lowest BCUT2D eigenvalue weighted by atomic mass is 9.93. The minimum atomic E-state index is -0.794. The summed E-state index contributed by atoms with van der Waals surface area (Å²) < 4.78 is 0. The van der Waals surface area contributed by atoms with Crippen LogP contribution in [0.15, 0.2) is 0 Å². The molecule has 0 aromatic rings. The van der Waals surface area contributed by atoms with Crippen LogP contribution in [0.2, 0.25) is 0 Å². The fraction of sp³-hybridized carbons (Fsp3) is 0.867. The van der Waals surface area contributed by atoms with Crippen LogP contribution in [0.3, 0.4) is 0 Å². The van der Waals surface area contributed by atoms with Crippen LogP contribution < -0.4 is 0 Å². The van der Waals surface area contributed by atoms with E-state index < -0.39 is 11.9 Å². The average molecular weight is 280 g/mol. The van der Waals surface area contributed by atoms with Gasteiger partial charge in [-0.2, -0.15) is 0 Å². The second kappa shape index (κ2) is 5.72.